The Hall–Kier alpha value is -2.90. The molecule has 1 amide bonds. The van der Waals surface area contributed by atoms with Gasteiger partial charge in [-0.25, -0.2) is 0 Å². The Bertz CT molecular complexity index is 816. The fourth-order valence-corrected chi connectivity index (χ4v) is 2.87. The minimum atomic E-state index is -0.219. The molecule has 4 rings (SSSR count). The maximum Gasteiger partial charge on any atom is 0.318 e. The largest absolute Gasteiger partial charge is 0.406 e. The third-order valence-electron chi connectivity index (χ3n) is 4.15. The molecule has 0 radical (unpaired) electrons. The lowest BCUT2D eigenvalue weighted by molar-refractivity contribution is 0.0943. The van der Waals surface area contributed by atoms with Gasteiger partial charge in [-0.2, -0.15) is 0 Å². The Labute approximate surface area is 138 Å². The van der Waals surface area contributed by atoms with Crippen LogP contribution in [-0.4, -0.2) is 39.2 Å². The van der Waals surface area contributed by atoms with Gasteiger partial charge < -0.3 is 19.6 Å². The number of H-pyrrole nitrogens is 1. The molecule has 8 nitrogen and oxygen atoms in total. The number of amides is 1. The van der Waals surface area contributed by atoms with Crippen molar-refractivity contribution in [3.8, 4) is 0 Å². The molecule has 0 spiro atoms. The van der Waals surface area contributed by atoms with E-state index >= 15 is 0 Å². The highest BCUT2D eigenvalue weighted by molar-refractivity contribution is 5.97. The number of fused-ring (bicyclic) bond motifs is 1. The van der Waals surface area contributed by atoms with Gasteiger partial charge in [-0.15, -0.1) is 5.10 Å². The predicted octanol–water partition coefficient (Wildman–Crippen LogP) is 1.87. The van der Waals surface area contributed by atoms with Gasteiger partial charge in [0, 0.05) is 36.4 Å². The number of pyridine rings is 1. The van der Waals surface area contributed by atoms with Crippen molar-refractivity contribution in [2.45, 2.75) is 25.8 Å². The van der Waals surface area contributed by atoms with Crippen LogP contribution in [0.5, 0.6) is 0 Å². The molecule has 2 N–H and O–H groups in total. The first-order valence-corrected chi connectivity index (χ1v) is 8.08. The van der Waals surface area contributed by atoms with Crippen molar-refractivity contribution in [3.63, 3.8) is 0 Å². The molecule has 124 valence electrons. The Morgan fingerprint density at radius 3 is 3.00 bits per heavy atom. The number of anilines is 1. The molecular weight excluding hydrogens is 308 g/mol. The minimum absolute atomic E-state index is 0.202. The van der Waals surface area contributed by atoms with Crippen LogP contribution in [0.4, 0.5) is 6.01 Å². The molecule has 1 aliphatic heterocycles. The summed E-state index contributed by atoms with van der Waals surface area (Å²) in [4.78, 5) is 21.4. The Balaban J connectivity index is 1.39. The molecule has 0 bridgehead atoms. The SMILES string of the molecule is O=C(NCc1nnc(N2CCCCC2)o1)c1cc2cnccc2[nH]1. The first-order chi connectivity index (χ1) is 11.8. The molecule has 0 aliphatic carbocycles. The number of nitrogens with one attached hydrogen (secondary N) is 2. The summed E-state index contributed by atoms with van der Waals surface area (Å²) in [5.74, 6) is 0.186. The second-order valence-electron chi connectivity index (χ2n) is 5.85. The zero-order valence-electron chi connectivity index (χ0n) is 13.2. The third-order valence-corrected chi connectivity index (χ3v) is 4.15. The van der Waals surface area contributed by atoms with Crippen molar-refractivity contribution in [2.75, 3.05) is 18.0 Å². The highest BCUT2D eigenvalue weighted by atomic mass is 16.4. The van der Waals surface area contributed by atoms with E-state index in [-0.39, 0.29) is 12.5 Å². The van der Waals surface area contributed by atoms with Gasteiger partial charge in [0.1, 0.15) is 5.69 Å². The van der Waals surface area contributed by atoms with Gasteiger partial charge >= 0.3 is 6.01 Å². The maximum absolute atomic E-state index is 12.2. The minimum Gasteiger partial charge on any atom is -0.406 e. The molecule has 4 heterocycles. The van der Waals surface area contributed by atoms with Crippen LogP contribution < -0.4 is 10.2 Å². The first-order valence-electron chi connectivity index (χ1n) is 8.08. The quantitative estimate of drug-likeness (QED) is 0.759. The van der Waals surface area contributed by atoms with Crippen LogP contribution in [-0.2, 0) is 6.54 Å². The van der Waals surface area contributed by atoms with Crippen LogP contribution in [0.25, 0.3) is 10.9 Å². The lowest BCUT2D eigenvalue weighted by Gasteiger charge is -2.24. The van der Waals surface area contributed by atoms with Gasteiger partial charge in [-0.1, -0.05) is 5.10 Å². The molecule has 0 atom stereocenters. The number of nitrogens with zero attached hydrogens (tertiary/aromatic N) is 4. The Morgan fingerprint density at radius 1 is 1.29 bits per heavy atom. The van der Waals surface area contributed by atoms with Crippen LogP contribution in [0.15, 0.2) is 28.9 Å². The topological polar surface area (TPSA) is 99.9 Å². The molecule has 0 saturated carbocycles. The number of hydrogen-bond donors (Lipinski definition) is 2. The summed E-state index contributed by atoms with van der Waals surface area (Å²) in [6.07, 6.45) is 6.92. The zero-order valence-corrected chi connectivity index (χ0v) is 13.2. The lowest BCUT2D eigenvalue weighted by Crippen LogP contribution is -2.29. The van der Waals surface area contributed by atoms with E-state index in [1.54, 1.807) is 18.5 Å². The van der Waals surface area contributed by atoms with Gasteiger partial charge in [0.15, 0.2) is 0 Å². The van der Waals surface area contributed by atoms with Crippen molar-refractivity contribution < 1.29 is 9.21 Å². The van der Waals surface area contributed by atoms with Crippen LogP contribution in [0.1, 0.15) is 35.6 Å². The van der Waals surface area contributed by atoms with E-state index in [0.717, 1.165) is 36.8 Å². The highest BCUT2D eigenvalue weighted by Crippen LogP contribution is 2.18. The van der Waals surface area contributed by atoms with Crippen molar-refractivity contribution >= 4 is 22.8 Å². The average molecular weight is 326 g/mol. The van der Waals surface area contributed by atoms with Gasteiger partial charge in [-0.3, -0.25) is 9.78 Å². The number of aromatic amines is 1. The second kappa shape index (κ2) is 6.31. The van der Waals surface area contributed by atoms with Crippen LogP contribution in [0.3, 0.4) is 0 Å². The molecule has 24 heavy (non-hydrogen) atoms. The normalized spacial score (nSPS) is 14.9. The van der Waals surface area contributed by atoms with E-state index in [4.69, 9.17) is 4.42 Å². The summed E-state index contributed by atoms with van der Waals surface area (Å²) in [7, 11) is 0. The van der Waals surface area contributed by atoms with Gasteiger partial charge in [-0.05, 0) is 31.4 Å². The second-order valence-corrected chi connectivity index (χ2v) is 5.85. The predicted molar refractivity (Wildman–Crippen MR) is 87.6 cm³/mol. The van der Waals surface area contributed by atoms with Crippen molar-refractivity contribution in [3.05, 3.63) is 36.1 Å². The fraction of sp³-hybridized carbons (Fsp3) is 0.375. The molecule has 0 unspecified atom stereocenters. The molecule has 3 aromatic rings. The van der Waals surface area contributed by atoms with Crippen LogP contribution >= 0.6 is 0 Å². The Morgan fingerprint density at radius 2 is 2.17 bits per heavy atom. The van der Waals surface area contributed by atoms with Gasteiger partial charge in [0.2, 0.25) is 5.89 Å². The van der Waals surface area contributed by atoms with Crippen molar-refractivity contribution in [1.29, 1.82) is 0 Å². The summed E-state index contributed by atoms with van der Waals surface area (Å²) in [5.41, 5.74) is 1.36. The number of hydrogen-bond acceptors (Lipinski definition) is 6. The van der Waals surface area contributed by atoms with E-state index in [2.05, 4.69) is 30.4 Å². The van der Waals surface area contributed by atoms with Gasteiger partial charge in [0.05, 0.1) is 6.54 Å². The van der Waals surface area contributed by atoms with Crippen molar-refractivity contribution in [1.82, 2.24) is 25.5 Å². The number of piperidine rings is 1. The molecular formula is C16H18N6O2. The van der Waals surface area contributed by atoms with Crippen LogP contribution in [0.2, 0.25) is 0 Å². The summed E-state index contributed by atoms with van der Waals surface area (Å²) in [6, 6.07) is 4.13. The third kappa shape index (κ3) is 2.94. The van der Waals surface area contributed by atoms with E-state index < -0.39 is 0 Å². The first kappa shape index (κ1) is 14.7. The molecule has 8 heteroatoms. The van der Waals surface area contributed by atoms with E-state index in [9.17, 15) is 4.79 Å². The van der Waals surface area contributed by atoms with E-state index in [1.807, 2.05) is 6.07 Å². The zero-order chi connectivity index (χ0) is 16.4. The molecule has 0 aromatic carbocycles. The standard InChI is InChI=1S/C16H18N6O2/c23-15(13-8-11-9-17-5-4-12(11)19-13)18-10-14-20-21-16(24-14)22-6-2-1-3-7-22/h4-5,8-9,19H,1-3,6-7,10H2,(H,18,23). The molecule has 1 saturated heterocycles. The molecule has 1 aliphatic rings. The van der Waals surface area contributed by atoms with Gasteiger partial charge in [0.25, 0.3) is 5.91 Å². The average Bonchev–Trinajstić information content (AvgIpc) is 3.27. The maximum atomic E-state index is 12.2. The Kier molecular flexibility index (Phi) is 3.86. The number of rotatable bonds is 4. The summed E-state index contributed by atoms with van der Waals surface area (Å²) in [6.45, 7) is 2.08. The summed E-state index contributed by atoms with van der Waals surface area (Å²) < 4.78 is 5.64. The lowest BCUT2D eigenvalue weighted by atomic mass is 10.1. The fourth-order valence-electron chi connectivity index (χ4n) is 2.87. The number of carbonyl (C=O) groups excluding carboxylic acids is 1. The molecule has 3 aromatic heterocycles. The molecule has 1 fully saturated rings. The monoisotopic (exact) mass is 326 g/mol. The van der Waals surface area contributed by atoms with E-state index in [0.29, 0.717) is 17.6 Å². The smallest absolute Gasteiger partial charge is 0.318 e. The number of aromatic nitrogens is 4. The highest BCUT2D eigenvalue weighted by Gasteiger charge is 2.17. The van der Waals surface area contributed by atoms with E-state index in [1.165, 1.54) is 6.42 Å². The summed E-state index contributed by atoms with van der Waals surface area (Å²) in [5, 5.41) is 11.8. The summed E-state index contributed by atoms with van der Waals surface area (Å²) >= 11 is 0. The number of carbonyl (C=O) groups is 1. The van der Waals surface area contributed by atoms with Crippen molar-refractivity contribution in [2.24, 2.45) is 0 Å². The van der Waals surface area contributed by atoms with Crippen LogP contribution in [0, 0.1) is 0 Å².